The van der Waals surface area contributed by atoms with Crippen molar-refractivity contribution in [1.29, 1.82) is 0 Å². The molecule has 0 saturated heterocycles. The average Bonchev–Trinajstić information content (AvgIpc) is 2.88. The molecule has 154 valence electrons. The number of thiazole rings is 1. The average molecular weight is 408 g/mol. The van der Waals surface area contributed by atoms with E-state index >= 15 is 0 Å². The zero-order valence-corrected chi connectivity index (χ0v) is 17.1. The molecule has 1 unspecified atom stereocenters. The zero-order valence-electron chi connectivity index (χ0n) is 16.2. The van der Waals surface area contributed by atoms with Crippen molar-refractivity contribution < 1.29 is 15.0 Å². The first-order valence-corrected chi connectivity index (χ1v) is 10.8. The van der Waals surface area contributed by atoms with Gasteiger partial charge in [-0.15, -0.1) is 0 Å². The van der Waals surface area contributed by atoms with E-state index in [9.17, 15) is 19.8 Å². The zero-order chi connectivity index (χ0) is 20.1. The highest BCUT2D eigenvalue weighted by molar-refractivity contribution is 7.16. The van der Waals surface area contributed by atoms with Crippen LogP contribution in [0.15, 0.2) is 16.9 Å². The van der Waals surface area contributed by atoms with Crippen LogP contribution < -0.4 is 10.2 Å². The SMILES string of the molecule is CC(CNC1CCCCCC1)N(CCc1ccc(O)c2[nH]c(=O)sc12)C(=O)O. The number of nitrogens with one attached hydrogen (secondary N) is 2. The maximum atomic E-state index is 11.8. The molecule has 0 bridgehead atoms. The normalized spacial score (nSPS) is 16.8. The van der Waals surface area contributed by atoms with E-state index in [1.54, 1.807) is 12.1 Å². The predicted octanol–water partition coefficient (Wildman–Crippen LogP) is 3.52. The first-order chi connectivity index (χ1) is 13.5. The Bertz CT molecular complexity index is 855. The van der Waals surface area contributed by atoms with E-state index in [1.807, 2.05) is 6.92 Å². The van der Waals surface area contributed by atoms with Crippen molar-refractivity contribution in [2.75, 3.05) is 13.1 Å². The highest BCUT2D eigenvalue weighted by Crippen LogP contribution is 2.28. The number of amides is 1. The molecule has 1 amide bonds. The summed E-state index contributed by atoms with van der Waals surface area (Å²) in [6, 6.07) is 3.64. The molecular weight excluding hydrogens is 378 g/mol. The lowest BCUT2D eigenvalue weighted by molar-refractivity contribution is 0.127. The minimum atomic E-state index is -0.938. The Morgan fingerprint density at radius 3 is 2.71 bits per heavy atom. The molecule has 0 radical (unpaired) electrons. The van der Waals surface area contributed by atoms with Crippen molar-refractivity contribution in [3.63, 3.8) is 0 Å². The van der Waals surface area contributed by atoms with Crippen LogP contribution in [0.25, 0.3) is 10.2 Å². The van der Waals surface area contributed by atoms with Crippen molar-refractivity contribution in [3.8, 4) is 5.75 Å². The van der Waals surface area contributed by atoms with Gasteiger partial charge in [0.25, 0.3) is 0 Å². The molecule has 1 heterocycles. The van der Waals surface area contributed by atoms with Crippen molar-refractivity contribution in [2.45, 2.75) is 64.0 Å². The summed E-state index contributed by atoms with van der Waals surface area (Å²) >= 11 is 1.04. The quantitative estimate of drug-likeness (QED) is 0.526. The third-order valence-corrected chi connectivity index (χ3v) is 6.55. The molecule has 7 nitrogen and oxygen atoms in total. The van der Waals surface area contributed by atoms with Crippen LogP contribution in [-0.2, 0) is 6.42 Å². The lowest BCUT2D eigenvalue weighted by atomic mass is 10.1. The number of benzene rings is 1. The lowest BCUT2D eigenvalue weighted by Gasteiger charge is -2.28. The summed E-state index contributed by atoms with van der Waals surface area (Å²) in [4.78, 5) is 27.3. The summed E-state index contributed by atoms with van der Waals surface area (Å²) in [6.45, 7) is 2.91. The second-order valence-corrected chi connectivity index (χ2v) is 8.62. The van der Waals surface area contributed by atoms with E-state index in [4.69, 9.17) is 0 Å². The third kappa shape index (κ3) is 5.05. The molecule has 1 aromatic heterocycles. The number of hydrogen-bond acceptors (Lipinski definition) is 5. The smallest absolute Gasteiger partial charge is 0.407 e. The number of phenols is 1. The van der Waals surface area contributed by atoms with Gasteiger partial charge in [0.2, 0.25) is 0 Å². The summed E-state index contributed by atoms with van der Waals surface area (Å²) in [5, 5.41) is 23.1. The summed E-state index contributed by atoms with van der Waals surface area (Å²) in [7, 11) is 0. The maximum Gasteiger partial charge on any atom is 0.407 e. The number of carbonyl (C=O) groups is 1. The Hall–Kier alpha value is -2.06. The summed E-state index contributed by atoms with van der Waals surface area (Å²) in [6.07, 6.45) is 6.95. The minimum Gasteiger partial charge on any atom is -0.506 e. The topological polar surface area (TPSA) is 106 Å². The molecule has 0 aliphatic heterocycles. The number of hydrogen-bond donors (Lipinski definition) is 4. The molecule has 8 heteroatoms. The summed E-state index contributed by atoms with van der Waals surface area (Å²) < 4.78 is 0.694. The van der Waals surface area contributed by atoms with Gasteiger partial charge in [0.15, 0.2) is 0 Å². The van der Waals surface area contributed by atoms with Crippen LogP contribution in [0.1, 0.15) is 51.0 Å². The number of aromatic nitrogens is 1. The van der Waals surface area contributed by atoms with E-state index in [0.29, 0.717) is 35.8 Å². The number of fused-ring (bicyclic) bond motifs is 1. The fraction of sp³-hybridized carbons (Fsp3) is 0.600. The highest BCUT2D eigenvalue weighted by atomic mass is 32.1. The van der Waals surface area contributed by atoms with Crippen LogP contribution in [-0.4, -0.2) is 51.4 Å². The molecule has 2 aromatic rings. The molecule has 4 N–H and O–H groups in total. The van der Waals surface area contributed by atoms with Gasteiger partial charge in [-0.05, 0) is 37.8 Å². The number of phenolic OH excluding ortho intramolecular Hbond substituents is 1. The number of aromatic hydroxyl groups is 1. The van der Waals surface area contributed by atoms with Gasteiger partial charge in [0.1, 0.15) is 11.3 Å². The third-order valence-electron chi connectivity index (χ3n) is 5.60. The summed E-state index contributed by atoms with van der Waals surface area (Å²) in [5.41, 5.74) is 1.30. The molecule has 3 rings (SSSR count). The van der Waals surface area contributed by atoms with Gasteiger partial charge < -0.3 is 25.4 Å². The van der Waals surface area contributed by atoms with Crippen molar-refractivity contribution in [3.05, 3.63) is 27.4 Å². The minimum absolute atomic E-state index is 0.0353. The van der Waals surface area contributed by atoms with Gasteiger partial charge in [0, 0.05) is 25.2 Å². The number of aromatic amines is 1. The molecule has 0 spiro atoms. The van der Waals surface area contributed by atoms with Gasteiger partial charge in [-0.2, -0.15) is 0 Å². The van der Waals surface area contributed by atoms with Gasteiger partial charge in [-0.3, -0.25) is 4.79 Å². The number of rotatable bonds is 7. The van der Waals surface area contributed by atoms with Crippen LogP contribution in [0.5, 0.6) is 5.75 Å². The number of H-pyrrole nitrogens is 1. The van der Waals surface area contributed by atoms with Gasteiger partial charge in [-0.25, -0.2) is 4.79 Å². The van der Waals surface area contributed by atoms with E-state index in [0.717, 1.165) is 29.7 Å². The first-order valence-electron chi connectivity index (χ1n) is 10.0. The molecule has 1 fully saturated rings. The second-order valence-electron chi connectivity index (χ2n) is 7.63. The molecule has 28 heavy (non-hydrogen) atoms. The second kappa shape index (κ2) is 9.43. The van der Waals surface area contributed by atoms with Gasteiger partial charge >= 0.3 is 11.0 Å². The van der Waals surface area contributed by atoms with Crippen LogP contribution in [0.2, 0.25) is 0 Å². The molecule has 1 saturated carbocycles. The van der Waals surface area contributed by atoms with E-state index in [-0.39, 0.29) is 16.7 Å². The lowest BCUT2D eigenvalue weighted by Crippen LogP contribution is -2.46. The van der Waals surface area contributed by atoms with Crippen molar-refractivity contribution in [2.24, 2.45) is 0 Å². The Morgan fingerprint density at radius 1 is 1.32 bits per heavy atom. The molecular formula is C20H29N3O4S. The number of nitrogens with zero attached hydrogens (tertiary/aromatic N) is 1. The first kappa shape index (κ1) is 20.7. The van der Waals surface area contributed by atoms with Crippen LogP contribution in [0.4, 0.5) is 4.79 Å². The predicted molar refractivity (Wildman–Crippen MR) is 112 cm³/mol. The van der Waals surface area contributed by atoms with E-state index in [1.165, 1.54) is 30.6 Å². The Kier molecular flexibility index (Phi) is 6.96. The largest absolute Gasteiger partial charge is 0.506 e. The van der Waals surface area contributed by atoms with Crippen molar-refractivity contribution in [1.82, 2.24) is 15.2 Å². The Labute approximate surface area is 168 Å². The van der Waals surface area contributed by atoms with Gasteiger partial charge in [0.05, 0.1) is 4.70 Å². The van der Waals surface area contributed by atoms with Crippen LogP contribution in [0, 0.1) is 0 Å². The fourth-order valence-corrected chi connectivity index (χ4v) is 4.84. The van der Waals surface area contributed by atoms with E-state index in [2.05, 4.69) is 10.3 Å². The standard InChI is InChI=1S/C20H29N3O4S/c1-13(12-21-15-6-4-2-3-5-7-15)23(20(26)27)11-10-14-8-9-16(24)17-18(14)28-19(25)22-17/h8-9,13,15,21,24H,2-7,10-12H2,1H3,(H,22,25)(H,26,27). The summed E-state index contributed by atoms with van der Waals surface area (Å²) in [5.74, 6) is 0.0353. The van der Waals surface area contributed by atoms with Crippen LogP contribution >= 0.6 is 11.3 Å². The van der Waals surface area contributed by atoms with Gasteiger partial charge in [-0.1, -0.05) is 43.1 Å². The monoisotopic (exact) mass is 407 g/mol. The maximum absolute atomic E-state index is 11.8. The molecule has 1 aromatic carbocycles. The fourth-order valence-electron chi connectivity index (χ4n) is 3.95. The molecule has 1 aliphatic carbocycles. The van der Waals surface area contributed by atoms with Crippen molar-refractivity contribution >= 4 is 27.6 Å². The highest BCUT2D eigenvalue weighted by Gasteiger charge is 2.21. The Morgan fingerprint density at radius 2 is 2.04 bits per heavy atom. The van der Waals surface area contributed by atoms with Crippen LogP contribution in [0.3, 0.4) is 0 Å². The molecule has 1 aliphatic rings. The Balaban J connectivity index is 1.62. The number of carboxylic acid groups (broad SMARTS) is 1. The van der Waals surface area contributed by atoms with E-state index < -0.39 is 6.09 Å². The molecule has 1 atom stereocenters.